The predicted molar refractivity (Wildman–Crippen MR) is 108 cm³/mol. The Hall–Kier alpha value is -2.48. The average Bonchev–Trinajstić information content (AvgIpc) is 3.21. The van der Waals surface area contributed by atoms with Crippen LogP contribution < -0.4 is 4.74 Å². The van der Waals surface area contributed by atoms with Gasteiger partial charge in [0.1, 0.15) is 11.6 Å². The van der Waals surface area contributed by atoms with Gasteiger partial charge in [0.15, 0.2) is 0 Å². The van der Waals surface area contributed by atoms with Crippen LogP contribution in [0.25, 0.3) is 11.4 Å². The minimum Gasteiger partial charge on any atom is -0.497 e. The van der Waals surface area contributed by atoms with Crippen molar-refractivity contribution in [3.8, 4) is 17.1 Å². The van der Waals surface area contributed by atoms with Gasteiger partial charge in [-0.3, -0.25) is 9.80 Å². The molecule has 0 amide bonds. The first-order valence-corrected chi connectivity index (χ1v) is 9.85. The SMILES string of the molecule is COc1cccc(-c2noc(CN3CCN(Cc4c(F)cccc4Cl)CC3)n2)c1. The van der Waals surface area contributed by atoms with Crippen LogP contribution in [0.5, 0.6) is 5.75 Å². The Bertz CT molecular complexity index is 953. The van der Waals surface area contributed by atoms with Gasteiger partial charge >= 0.3 is 0 Å². The lowest BCUT2D eigenvalue weighted by Gasteiger charge is -2.34. The van der Waals surface area contributed by atoms with E-state index in [1.165, 1.54) is 6.07 Å². The third-order valence-corrected chi connectivity index (χ3v) is 5.42. The molecule has 1 aliphatic heterocycles. The maximum atomic E-state index is 14.0. The van der Waals surface area contributed by atoms with Crippen LogP contribution in [0.3, 0.4) is 0 Å². The molecule has 1 aromatic heterocycles. The van der Waals surface area contributed by atoms with E-state index in [0.717, 1.165) is 37.5 Å². The van der Waals surface area contributed by atoms with Gasteiger partial charge in [-0.2, -0.15) is 4.98 Å². The monoisotopic (exact) mass is 416 g/mol. The Morgan fingerprint density at radius 2 is 1.79 bits per heavy atom. The molecule has 1 saturated heterocycles. The van der Waals surface area contributed by atoms with Crippen LogP contribution in [0, 0.1) is 5.82 Å². The molecule has 6 nitrogen and oxygen atoms in total. The first kappa shape index (κ1) is 19.8. The molecule has 29 heavy (non-hydrogen) atoms. The highest BCUT2D eigenvalue weighted by atomic mass is 35.5. The molecule has 2 heterocycles. The van der Waals surface area contributed by atoms with Gasteiger partial charge in [-0.25, -0.2) is 4.39 Å². The van der Waals surface area contributed by atoms with Crippen molar-refractivity contribution >= 4 is 11.6 Å². The second-order valence-electron chi connectivity index (χ2n) is 7.00. The molecule has 152 valence electrons. The van der Waals surface area contributed by atoms with E-state index >= 15 is 0 Å². The fourth-order valence-corrected chi connectivity index (χ4v) is 3.63. The van der Waals surface area contributed by atoms with Crippen molar-refractivity contribution in [2.75, 3.05) is 33.3 Å². The van der Waals surface area contributed by atoms with E-state index in [1.807, 2.05) is 24.3 Å². The average molecular weight is 417 g/mol. The number of halogens is 2. The van der Waals surface area contributed by atoms with Gasteiger partial charge in [0.05, 0.1) is 13.7 Å². The van der Waals surface area contributed by atoms with Crippen molar-refractivity contribution in [2.24, 2.45) is 0 Å². The summed E-state index contributed by atoms with van der Waals surface area (Å²) in [6.07, 6.45) is 0. The minimum atomic E-state index is -0.254. The summed E-state index contributed by atoms with van der Waals surface area (Å²) in [7, 11) is 1.63. The van der Waals surface area contributed by atoms with Crippen LogP contribution in [-0.4, -0.2) is 53.2 Å². The summed E-state index contributed by atoms with van der Waals surface area (Å²) < 4.78 is 24.7. The molecule has 0 atom stereocenters. The van der Waals surface area contributed by atoms with Crippen molar-refractivity contribution in [1.82, 2.24) is 19.9 Å². The lowest BCUT2D eigenvalue weighted by atomic mass is 10.2. The zero-order valence-electron chi connectivity index (χ0n) is 16.1. The lowest BCUT2D eigenvalue weighted by Crippen LogP contribution is -2.45. The summed E-state index contributed by atoms with van der Waals surface area (Å²) >= 11 is 6.14. The van der Waals surface area contributed by atoms with Crippen molar-refractivity contribution < 1.29 is 13.7 Å². The fraction of sp³-hybridized carbons (Fsp3) is 0.333. The van der Waals surface area contributed by atoms with Gasteiger partial charge in [-0.05, 0) is 24.3 Å². The molecule has 0 aliphatic carbocycles. The zero-order chi connectivity index (χ0) is 20.2. The van der Waals surface area contributed by atoms with Gasteiger partial charge in [-0.1, -0.05) is 35.0 Å². The maximum absolute atomic E-state index is 14.0. The summed E-state index contributed by atoms with van der Waals surface area (Å²) in [6.45, 7) is 4.42. The van der Waals surface area contributed by atoms with Crippen molar-refractivity contribution in [1.29, 1.82) is 0 Å². The van der Waals surface area contributed by atoms with E-state index in [9.17, 15) is 4.39 Å². The Balaban J connectivity index is 1.33. The molecule has 1 fully saturated rings. The first-order chi connectivity index (χ1) is 14.1. The van der Waals surface area contributed by atoms with Crippen LogP contribution in [0.2, 0.25) is 5.02 Å². The van der Waals surface area contributed by atoms with Gasteiger partial charge in [0.2, 0.25) is 11.7 Å². The molecule has 3 aromatic rings. The van der Waals surface area contributed by atoms with E-state index in [-0.39, 0.29) is 5.82 Å². The predicted octanol–water partition coefficient (Wildman–Crippen LogP) is 3.86. The Labute approximate surface area is 173 Å². The molecule has 0 unspecified atom stereocenters. The van der Waals surface area contributed by atoms with Crippen LogP contribution in [0.1, 0.15) is 11.5 Å². The number of benzene rings is 2. The van der Waals surface area contributed by atoms with Crippen LogP contribution in [0.4, 0.5) is 4.39 Å². The normalized spacial score (nSPS) is 15.6. The Morgan fingerprint density at radius 3 is 2.52 bits per heavy atom. The molecule has 8 heteroatoms. The number of nitrogens with zero attached hydrogens (tertiary/aromatic N) is 4. The number of hydrogen-bond donors (Lipinski definition) is 0. The third-order valence-electron chi connectivity index (χ3n) is 5.06. The fourth-order valence-electron chi connectivity index (χ4n) is 3.40. The summed E-state index contributed by atoms with van der Waals surface area (Å²) in [4.78, 5) is 8.96. The zero-order valence-corrected chi connectivity index (χ0v) is 16.9. The van der Waals surface area contributed by atoms with E-state index in [0.29, 0.717) is 35.4 Å². The molecule has 2 aromatic carbocycles. The molecule has 0 bridgehead atoms. The van der Waals surface area contributed by atoms with E-state index in [2.05, 4.69) is 19.9 Å². The molecular formula is C21H22ClFN4O2. The smallest absolute Gasteiger partial charge is 0.241 e. The number of rotatable bonds is 6. The largest absolute Gasteiger partial charge is 0.497 e. The van der Waals surface area contributed by atoms with Gasteiger partial charge in [-0.15, -0.1) is 0 Å². The van der Waals surface area contributed by atoms with E-state index in [4.69, 9.17) is 20.9 Å². The number of hydrogen-bond acceptors (Lipinski definition) is 6. The molecular weight excluding hydrogens is 395 g/mol. The second kappa shape index (κ2) is 8.90. The van der Waals surface area contributed by atoms with E-state index in [1.54, 1.807) is 19.2 Å². The van der Waals surface area contributed by atoms with Crippen LogP contribution in [0.15, 0.2) is 47.0 Å². The number of ether oxygens (including phenoxy) is 1. The number of methoxy groups -OCH3 is 1. The maximum Gasteiger partial charge on any atom is 0.241 e. The molecule has 1 aliphatic rings. The highest BCUT2D eigenvalue weighted by Gasteiger charge is 2.21. The topological polar surface area (TPSA) is 54.6 Å². The first-order valence-electron chi connectivity index (χ1n) is 9.47. The lowest BCUT2D eigenvalue weighted by molar-refractivity contribution is 0.111. The molecule has 0 saturated carbocycles. The van der Waals surface area contributed by atoms with Gasteiger partial charge < -0.3 is 9.26 Å². The van der Waals surface area contributed by atoms with Gasteiger partial charge in [0.25, 0.3) is 0 Å². The number of aromatic nitrogens is 2. The Kier molecular flexibility index (Phi) is 6.08. The quantitative estimate of drug-likeness (QED) is 0.608. The highest BCUT2D eigenvalue weighted by Crippen LogP contribution is 2.23. The van der Waals surface area contributed by atoms with Gasteiger partial charge in [0, 0.05) is 48.9 Å². The molecule has 0 radical (unpaired) electrons. The summed E-state index contributed by atoms with van der Waals surface area (Å²) in [5, 5.41) is 4.56. The molecule has 0 spiro atoms. The van der Waals surface area contributed by atoms with Crippen molar-refractivity contribution in [3.63, 3.8) is 0 Å². The third kappa shape index (κ3) is 4.75. The van der Waals surface area contributed by atoms with Crippen molar-refractivity contribution in [2.45, 2.75) is 13.1 Å². The van der Waals surface area contributed by atoms with Crippen LogP contribution >= 0.6 is 11.6 Å². The van der Waals surface area contributed by atoms with Crippen molar-refractivity contribution in [3.05, 3.63) is 64.8 Å². The highest BCUT2D eigenvalue weighted by molar-refractivity contribution is 6.31. The minimum absolute atomic E-state index is 0.254. The standard InChI is InChI=1S/C21H22ClFN4O2/c1-28-16-5-2-4-15(12-16)21-24-20(29-25-21)14-27-10-8-26(9-11-27)13-17-18(22)6-3-7-19(17)23/h2-7,12H,8-11,13-14H2,1H3. The number of piperazine rings is 1. The summed E-state index contributed by atoms with van der Waals surface area (Å²) in [5.74, 6) is 1.62. The van der Waals surface area contributed by atoms with E-state index < -0.39 is 0 Å². The Morgan fingerprint density at radius 1 is 1.07 bits per heavy atom. The van der Waals surface area contributed by atoms with Crippen LogP contribution in [-0.2, 0) is 13.1 Å². The second-order valence-corrected chi connectivity index (χ2v) is 7.40. The molecule has 4 rings (SSSR count). The molecule has 0 N–H and O–H groups in total. The summed E-state index contributed by atoms with van der Waals surface area (Å²) in [5.41, 5.74) is 1.41. The summed E-state index contributed by atoms with van der Waals surface area (Å²) in [6, 6.07) is 12.4.